The fourth-order valence-electron chi connectivity index (χ4n) is 1.23. The molecule has 0 aliphatic rings. The Morgan fingerprint density at radius 1 is 1.46 bits per heavy atom. The minimum Gasteiger partial charge on any atom is -0.396 e. The van der Waals surface area contributed by atoms with Crippen molar-refractivity contribution >= 4 is 32.9 Å². The van der Waals surface area contributed by atoms with Gasteiger partial charge in [-0.25, -0.2) is 0 Å². The molecular weight excluding hydrogens is 182 g/mol. The Hall–Kier alpha value is -1.29. The number of hydrogen-bond donors (Lipinski definition) is 2. The second-order valence-electron chi connectivity index (χ2n) is 2.91. The van der Waals surface area contributed by atoms with Crippen LogP contribution >= 0.6 is 11.3 Å². The maximum Gasteiger partial charge on any atom is 0.0835 e. The highest BCUT2D eigenvalue weighted by Gasteiger charge is 2.06. The Kier molecular flexibility index (Phi) is 1.84. The Morgan fingerprint density at radius 3 is 2.92 bits per heavy atom. The number of fused-ring (bicyclic) bond motifs is 1. The number of aromatic nitrogens is 1. The van der Waals surface area contributed by atoms with E-state index in [2.05, 4.69) is 18.0 Å². The molecule has 2 heterocycles. The quantitative estimate of drug-likeness (QED) is 0.728. The third-order valence-corrected chi connectivity index (χ3v) is 3.31. The number of aryl methyl sites for hydroxylation is 1. The number of nitrogens with two attached hydrogens (primary N) is 2. The maximum atomic E-state index is 5.83. The number of anilines is 2. The summed E-state index contributed by atoms with van der Waals surface area (Å²) in [6.45, 7) is 2.12. The average Bonchev–Trinajstić information content (AvgIpc) is 2.55. The molecule has 0 saturated heterocycles. The molecule has 0 bridgehead atoms. The van der Waals surface area contributed by atoms with E-state index in [0.717, 1.165) is 16.6 Å². The summed E-state index contributed by atoms with van der Waals surface area (Å²) in [7, 11) is 0. The van der Waals surface area contributed by atoms with E-state index in [9.17, 15) is 0 Å². The molecule has 2 aromatic heterocycles. The number of thiophene rings is 1. The van der Waals surface area contributed by atoms with E-state index < -0.39 is 0 Å². The van der Waals surface area contributed by atoms with E-state index in [-0.39, 0.29) is 0 Å². The number of pyridine rings is 1. The summed E-state index contributed by atoms with van der Waals surface area (Å²) < 4.78 is 1.01. The third kappa shape index (κ3) is 1.23. The zero-order valence-electron chi connectivity index (χ0n) is 7.37. The van der Waals surface area contributed by atoms with Crippen molar-refractivity contribution in [2.45, 2.75) is 13.3 Å². The Labute approximate surface area is 80.4 Å². The van der Waals surface area contributed by atoms with E-state index in [1.807, 2.05) is 0 Å². The van der Waals surface area contributed by atoms with E-state index in [1.54, 1.807) is 17.5 Å². The minimum atomic E-state index is 0.567. The molecule has 0 aliphatic heterocycles. The zero-order chi connectivity index (χ0) is 9.42. The first kappa shape index (κ1) is 8.31. The van der Waals surface area contributed by atoms with Gasteiger partial charge in [-0.3, -0.25) is 4.98 Å². The minimum absolute atomic E-state index is 0.567. The van der Waals surface area contributed by atoms with Crippen molar-refractivity contribution in [3.63, 3.8) is 0 Å². The van der Waals surface area contributed by atoms with E-state index in [4.69, 9.17) is 11.5 Å². The molecule has 0 amide bonds. The molecule has 2 aromatic rings. The van der Waals surface area contributed by atoms with Gasteiger partial charge in [0.15, 0.2) is 0 Å². The lowest BCUT2D eigenvalue weighted by molar-refractivity contribution is 1.19. The first-order valence-corrected chi connectivity index (χ1v) is 4.96. The molecule has 2 rings (SSSR count). The highest BCUT2D eigenvalue weighted by Crippen LogP contribution is 2.32. The molecule has 0 spiro atoms. The van der Waals surface area contributed by atoms with Crippen LogP contribution < -0.4 is 11.5 Å². The average molecular weight is 193 g/mol. The highest BCUT2D eigenvalue weighted by atomic mass is 32.1. The number of hydrogen-bond acceptors (Lipinski definition) is 4. The van der Waals surface area contributed by atoms with Crippen molar-refractivity contribution in [1.29, 1.82) is 0 Å². The van der Waals surface area contributed by atoms with Crippen LogP contribution in [0.4, 0.5) is 11.4 Å². The van der Waals surface area contributed by atoms with Crippen molar-refractivity contribution in [3.8, 4) is 0 Å². The van der Waals surface area contributed by atoms with Gasteiger partial charge in [0.2, 0.25) is 0 Å². The summed E-state index contributed by atoms with van der Waals surface area (Å²) in [4.78, 5) is 5.51. The fraction of sp³-hybridized carbons (Fsp3) is 0.222. The summed E-state index contributed by atoms with van der Waals surface area (Å²) in [5.74, 6) is 0. The van der Waals surface area contributed by atoms with Crippen LogP contribution in [0.25, 0.3) is 10.2 Å². The van der Waals surface area contributed by atoms with Gasteiger partial charge in [-0.1, -0.05) is 6.92 Å². The molecule has 0 saturated carbocycles. The summed E-state index contributed by atoms with van der Waals surface area (Å²) in [5.41, 5.74) is 13.7. The van der Waals surface area contributed by atoms with E-state index in [0.29, 0.717) is 11.4 Å². The molecule has 0 aliphatic carbocycles. The van der Waals surface area contributed by atoms with Crippen LogP contribution in [-0.2, 0) is 6.42 Å². The van der Waals surface area contributed by atoms with Crippen LogP contribution in [0.3, 0.4) is 0 Å². The van der Waals surface area contributed by atoms with Gasteiger partial charge in [0.25, 0.3) is 0 Å². The van der Waals surface area contributed by atoms with Crippen molar-refractivity contribution in [2.75, 3.05) is 11.5 Å². The molecule has 0 unspecified atom stereocenters. The van der Waals surface area contributed by atoms with Gasteiger partial charge >= 0.3 is 0 Å². The van der Waals surface area contributed by atoms with Crippen molar-refractivity contribution < 1.29 is 0 Å². The molecule has 13 heavy (non-hydrogen) atoms. The van der Waals surface area contributed by atoms with Crippen LogP contribution in [0.15, 0.2) is 12.3 Å². The van der Waals surface area contributed by atoms with Crippen LogP contribution in [-0.4, -0.2) is 4.98 Å². The van der Waals surface area contributed by atoms with Gasteiger partial charge in [-0.2, -0.15) is 0 Å². The topological polar surface area (TPSA) is 64.9 Å². The zero-order valence-corrected chi connectivity index (χ0v) is 8.19. The van der Waals surface area contributed by atoms with Crippen LogP contribution in [0.1, 0.15) is 11.8 Å². The van der Waals surface area contributed by atoms with Crippen molar-refractivity contribution in [3.05, 3.63) is 17.1 Å². The second-order valence-corrected chi connectivity index (χ2v) is 4.04. The van der Waals surface area contributed by atoms with E-state index >= 15 is 0 Å². The summed E-state index contributed by atoms with van der Waals surface area (Å²) in [5, 5.41) is 0. The summed E-state index contributed by atoms with van der Waals surface area (Å²) in [6, 6.07) is 2.07. The molecule has 0 radical (unpaired) electrons. The second kappa shape index (κ2) is 2.88. The molecule has 0 aromatic carbocycles. The van der Waals surface area contributed by atoms with Gasteiger partial charge < -0.3 is 11.5 Å². The standard InChI is InChI=1S/C9H11N3S/c1-2-5-3-7-9(13-5)8(11)6(10)4-12-7/h3-4H,2,10H2,1H3,(H2,11,12). The van der Waals surface area contributed by atoms with Gasteiger partial charge in [0, 0.05) is 4.88 Å². The van der Waals surface area contributed by atoms with Crippen LogP contribution in [0, 0.1) is 0 Å². The van der Waals surface area contributed by atoms with Gasteiger partial charge in [0.05, 0.1) is 27.8 Å². The normalized spacial score (nSPS) is 10.8. The van der Waals surface area contributed by atoms with Crippen LogP contribution in [0.5, 0.6) is 0 Å². The summed E-state index contributed by atoms with van der Waals surface area (Å²) >= 11 is 1.67. The number of nitrogen functional groups attached to an aromatic ring is 2. The fourth-order valence-corrected chi connectivity index (χ4v) is 2.25. The SMILES string of the molecule is CCc1cc2ncc(N)c(N)c2s1. The molecule has 0 atom stereocenters. The smallest absolute Gasteiger partial charge is 0.0835 e. The number of rotatable bonds is 1. The van der Waals surface area contributed by atoms with Gasteiger partial charge in [-0.05, 0) is 12.5 Å². The largest absolute Gasteiger partial charge is 0.396 e. The van der Waals surface area contributed by atoms with Crippen LogP contribution in [0.2, 0.25) is 0 Å². The van der Waals surface area contributed by atoms with Crippen molar-refractivity contribution in [2.24, 2.45) is 0 Å². The molecule has 0 fully saturated rings. The third-order valence-electron chi connectivity index (χ3n) is 2.01. The predicted molar refractivity (Wildman–Crippen MR) is 57.8 cm³/mol. The molecule has 4 N–H and O–H groups in total. The molecule has 68 valence electrons. The first-order valence-electron chi connectivity index (χ1n) is 4.14. The molecule has 4 heteroatoms. The molecule has 3 nitrogen and oxygen atoms in total. The monoisotopic (exact) mass is 193 g/mol. The lowest BCUT2D eigenvalue weighted by atomic mass is 10.3. The predicted octanol–water partition coefficient (Wildman–Crippen LogP) is 2.02. The van der Waals surface area contributed by atoms with Crippen molar-refractivity contribution in [1.82, 2.24) is 4.98 Å². The van der Waals surface area contributed by atoms with Gasteiger partial charge in [-0.15, -0.1) is 11.3 Å². The lowest BCUT2D eigenvalue weighted by Gasteiger charge is -1.98. The number of nitrogens with zero attached hydrogens (tertiary/aromatic N) is 1. The first-order chi connectivity index (χ1) is 6.22. The Balaban J connectivity index is 2.76. The lowest BCUT2D eigenvalue weighted by Crippen LogP contribution is -1.94. The molecular formula is C9H11N3S. The summed E-state index contributed by atoms with van der Waals surface area (Å²) in [6.07, 6.45) is 2.63. The Morgan fingerprint density at radius 2 is 2.23 bits per heavy atom. The maximum absolute atomic E-state index is 5.83. The van der Waals surface area contributed by atoms with E-state index in [1.165, 1.54) is 4.88 Å². The van der Waals surface area contributed by atoms with Gasteiger partial charge in [0.1, 0.15) is 0 Å². The highest BCUT2D eigenvalue weighted by molar-refractivity contribution is 7.19. The Bertz CT molecular complexity index is 447.